The van der Waals surface area contributed by atoms with Gasteiger partial charge in [0.1, 0.15) is 0 Å². The number of nitrogens with one attached hydrogen (secondary N) is 4. The molecule has 2 atom stereocenters. The summed E-state index contributed by atoms with van der Waals surface area (Å²) in [6.45, 7) is 13.2. The standard InChI is InChI=1S/C52H66N8O4S/c1-51(2,3)37-29-42(39(22-13-14-23-53)43(30-37)58-49(63)40(55)26-33-16-9-7-10-17-33)57-47(61)35-20-15-21-36(28-35)48(62)59-44-31-38(52(4,5)6)32-45(46(44)65-25-24-54)60-50(64)41(56)27-34-18-11-8-12-19-34/h7-12,15-21,28-32,40-41H,13-14,22-27,53-56H2,1-6H3,(H,57,61)(H,58,63)(H,59,62)(H,60,64)/t40?,41-/m1/s1. The van der Waals surface area contributed by atoms with Gasteiger partial charge in [0.15, 0.2) is 0 Å². The van der Waals surface area contributed by atoms with E-state index in [2.05, 4.69) is 42.0 Å². The van der Waals surface area contributed by atoms with Gasteiger partial charge in [0.25, 0.3) is 11.8 Å². The highest BCUT2D eigenvalue weighted by molar-refractivity contribution is 7.99. The Balaban J connectivity index is 1.45. The molecule has 0 heterocycles. The first-order chi connectivity index (χ1) is 30.9. The molecule has 1 unspecified atom stereocenters. The van der Waals surface area contributed by atoms with Gasteiger partial charge in [-0.15, -0.1) is 11.8 Å². The lowest BCUT2D eigenvalue weighted by Gasteiger charge is -2.25. The molecular weight excluding hydrogens is 833 g/mol. The number of benzene rings is 5. The Labute approximate surface area is 388 Å². The zero-order chi connectivity index (χ0) is 47.3. The zero-order valence-corrected chi connectivity index (χ0v) is 39.4. The van der Waals surface area contributed by atoms with E-state index >= 15 is 0 Å². The smallest absolute Gasteiger partial charge is 0.255 e. The minimum absolute atomic E-state index is 0.246. The number of hydrogen-bond donors (Lipinski definition) is 8. The SMILES string of the molecule is CC(C)(C)c1cc(NC(=O)c2cccc(C(=O)Nc3cc(C(C)(C)C)cc(NC(=O)[C@H](N)Cc4ccccc4)c3SCCN)c2)c(CCCCN)c(NC(=O)C(N)Cc2ccccc2)c1. The van der Waals surface area contributed by atoms with E-state index in [0.29, 0.717) is 65.7 Å². The van der Waals surface area contributed by atoms with E-state index in [1.807, 2.05) is 106 Å². The van der Waals surface area contributed by atoms with E-state index in [4.69, 9.17) is 22.9 Å². The van der Waals surface area contributed by atoms with Crippen LogP contribution in [0.4, 0.5) is 22.7 Å². The third-order valence-electron chi connectivity index (χ3n) is 11.0. The molecule has 0 saturated carbocycles. The molecule has 0 aliphatic heterocycles. The Morgan fingerprint density at radius 3 is 1.43 bits per heavy atom. The van der Waals surface area contributed by atoms with Crippen molar-refractivity contribution in [1.82, 2.24) is 0 Å². The number of thioether (sulfide) groups is 1. The zero-order valence-electron chi connectivity index (χ0n) is 38.6. The fourth-order valence-electron chi connectivity index (χ4n) is 7.17. The van der Waals surface area contributed by atoms with Gasteiger partial charge >= 0.3 is 0 Å². The molecule has 0 bridgehead atoms. The van der Waals surface area contributed by atoms with Crippen LogP contribution in [0.3, 0.4) is 0 Å². The van der Waals surface area contributed by atoms with Crippen LogP contribution >= 0.6 is 11.8 Å². The lowest BCUT2D eigenvalue weighted by Crippen LogP contribution is -2.37. The maximum absolute atomic E-state index is 14.2. The maximum Gasteiger partial charge on any atom is 0.255 e. The maximum atomic E-state index is 14.2. The van der Waals surface area contributed by atoms with E-state index in [-0.39, 0.29) is 33.8 Å². The van der Waals surface area contributed by atoms with Crippen LogP contribution in [0.15, 0.2) is 114 Å². The van der Waals surface area contributed by atoms with E-state index in [0.717, 1.165) is 40.7 Å². The van der Waals surface area contributed by atoms with Gasteiger partial charge in [0.05, 0.1) is 28.4 Å². The quantitative estimate of drug-likeness (QED) is 0.0296. The molecule has 13 heteroatoms. The number of hydrogen-bond acceptors (Lipinski definition) is 9. The number of anilines is 4. The van der Waals surface area contributed by atoms with Gasteiger partial charge in [-0.2, -0.15) is 0 Å². The Kier molecular flexibility index (Phi) is 17.7. The monoisotopic (exact) mass is 898 g/mol. The molecular formula is C52H66N8O4S. The molecule has 5 rings (SSSR count). The van der Waals surface area contributed by atoms with Gasteiger partial charge in [-0.3, -0.25) is 19.2 Å². The van der Waals surface area contributed by atoms with Crippen molar-refractivity contribution in [3.63, 3.8) is 0 Å². The molecule has 5 aromatic rings. The first kappa shape index (κ1) is 50.2. The fraction of sp³-hybridized carbons (Fsp3) is 0.346. The minimum Gasteiger partial charge on any atom is -0.330 e. The molecule has 65 heavy (non-hydrogen) atoms. The van der Waals surface area contributed by atoms with E-state index < -0.39 is 23.9 Å². The number of carbonyl (C=O) groups excluding carboxylic acids is 4. The van der Waals surface area contributed by atoms with Gasteiger partial charge in [-0.1, -0.05) is 108 Å². The highest BCUT2D eigenvalue weighted by Gasteiger charge is 2.26. The average molecular weight is 899 g/mol. The number of carbonyl (C=O) groups is 4. The van der Waals surface area contributed by atoms with Gasteiger partial charge in [0.2, 0.25) is 11.8 Å². The van der Waals surface area contributed by atoms with Crippen molar-refractivity contribution >= 4 is 58.1 Å². The predicted molar refractivity (Wildman–Crippen MR) is 268 cm³/mol. The van der Waals surface area contributed by atoms with E-state index in [1.165, 1.54) is 11.8 Å². The largest absolute Gasteiger partial charge is 0.330 e. The molecule has 0 spiro atoms. The molecule has 0 saturated heterocycles. The van der Waals surface area contributed by atoms with Crippen molar-refractivity contribution < 1.29 is 19.2 Å². The summed E-state index contributed by atoms with van der Waals surface area (Å²) in [5, 5.41) is 12.3. The van der Waals surface area contributed by atoms with Crippen LogP contribution in [0.25, 0.3) is 0 Å². The van der Waals surface area contributed by atoms with Crippen molar-refractivity contribution in [2.24, 2.45) is 22.9 Å². The van der Waals surface area contributed by atoms with Gasteiger partial charge < -0.3 is 44.2 Å². The Bertz CT molecular complexity index is 2430. The molecule has 12 nitrogen and oxygen atoms in total. The highest BCUT2D eigenvalue weighted by Crippen LogP contribution is 2.40. The van der Waals surface area contributed by atoms with Crippen LogP contribution in [0, 0.1) is 0 Å². The summed E-state index contributed by atoms with van der Waals surface area (Å²) in [6, 6.07) is 31.8. The van der Waals surface area contributed by atoms with Gasteiger partial charge in [-0.25, -0.2) is 0 Å². The summed E-state index contributed by atoms with van der Waals surface area (Å²) in [6.07, 6.45) is 2.70. The van der Waals surface area contributed by atoms with E-state index in [9.17, 15) is 19.2 Å². The number of rotatable bonds is 19. The molecule has 5 aromatic carbocycles. The van der Waals surface area contributed by atoms with Crippen molar-refractivity contribution in [2.75, 3.05) is 40.1 Å². The lowest BCUT2D eigenvalue weighted by molar-refractivity contribution is -0.118. The molecule has 4 amide bonds. The summed E-state index contributed by atoms with van der Waals surface area (Å²) in [5.74, 6) is -1.07. The summed E-state index contributed by atoms with van der Waals surface area (Å²) in [7, 11) is 0. The summed E-state index contributed by atoms with van der Waals surface area (Å²) in [4.78, 5) is 56.3. The normalized spacial score (nSPS) is 12.5. The summed E-state index contributed by atoms with van der Waals surface area (Å²) < 4.78 is 0. The van der Waals surface area contributed by atoms with Crippen LogP contribution in [0.2, 0.25) is 0 Å². The molecule has 0 fully saturated rings. The Morgan fingerprint density at radius 1 is 0.538 bits per heavy atom. The first-order valence-corrected chi connectivity index (χ1v) is 23.2. The van der Waals surface area contributed by atoms with Crippen molar-refractivity contribution in [1.29, 1.82) is 0 Å². The topological polar surface area (TPSA) is 220 Å². The van der Waals surface area contributed by atoms with E-state index in [1.54, 1.807) is 24.3 Å². The number of amides is 4. The Hall–Kier alpha value is -5.83. The predicted octanol–water partition coefficient (Wildman–Crippen LogP) is 8.14. The second-order valence-corrected chi connectivity index (χ2v) is 19.5. The Morgan fingerprint density at radius 2 is 0.969 bits per heavy atom. The molecule has 12 N–H and O–H groups in total. The van der Waals surface area contributed by atoms with Crippen LogP contribution in [-0.2, 0) is 39.7 Å². The third-order valence-corrected chi connectivity index (χ3v) is 12.2. The molecule has 0 aliphatic rings. The molecule has 344 valence electrons. The first-order valence-electron chi connectivity index (χ1n) is 22.2. The van der Waals surface area contributed by atoms with Crippen LogP contribution in [-0.4, -0.2) is 54.6 Å². The molecule has 0 radical (unpaired) electrons. The third kappa shape index (κ3) is 14.3. The molecule has 0 aromatic heterocycles. The van der Waals surface area contributed by atoms with Crippen LogP contribution in [0.1, 0.15) is 103 Å². The second-order valence-electron chi connectivity index (χ2n) is 18.4. The fourth-order valence-corrected chi connectivity index (χ4v) is 8.02. The van der Waals surface area contributed by atoms with Crippen molar-refractivity contribution in [3.8, 4) is 0 Å². The second kappa shape index (κ2) is 22.9. The lowest BCUT2D eigenvalue weighted by atomic mass is 9.84. The van der Waals surface area contributed by atoms with Gasteiger partial charge in [-0.05, 0) is 120 Å². The van der Waals surface area contributed by atoms with Crippen molar-refractivity contribution in [3.05, 3.63) is 148 Å². The van der Waals surface area contributed by atoms with Crippen molar-refractivity contribution in [2.45, 2.75) is 101 Å². The van der Waals surface area contributed by atoms with Gasteiger partial charge in [0, 0.05) is 34.8 Å². The average Bonchev–Trinajstić information content (AvgIpc) is 3.26. The summed E-state index contributed by atoms with van der Waals surface area (Å²) >= 11 is 1.41. The highest BCUT2D eigenvalue weighted by atomic mass is 32.2. The number of nitrogens with two attached hydrogens (primary N) is 4. The summed E-state index contributed by atoms with van der Waals surface area (Å²) in [5.41, 5.74) is 31.0. The van der Waals surface area contributed by atoms with Crippen LogP contribution < -0.4 is 44.2 Å². The molecule has 0 aliphatic carbocycles. The minimum atomic E-state index is -0.818. The number of unbranched alkanes of at least 4 members (excludes halogenated alkanes) is 1. The van der Waals surface area contributed by atoms with Crippen LogP contribution in [0.5, 0.6) is 0 Å².